The number of aryl methyl sites for hydroxylation is 1. The van der Waals surface area contributed by atoms with Crippen molar-refractivity contribution >= 4 is 17.3 Å². The number of hydrogen-bond donors (Lipinski definition) is 1. The fourth-order valence-corrected chi connectivity index (χ4v) is 2.31. The Kier molecular flexibility index (Phi) is 4.92. The van der Waals surface area contributed by atoms with Crippen LogP contribution >= 0.6 is 0 Å². The highest BCUT2D eigenvalue weighted by molar-refractivity contribution is 5.73. The minimum absolute atomic E-state index is 0.0411. The number of nitro benzene ring substituents is 1. The number of halogens is 1. The van der Waals surface area contributed by atoms with Crippen molar-refractivity contribution in [2.24, 2.45) is 0 Å². The van der Waals surface area contributed by atoms with Gasteiger partial charge in [0.25, 0.3) is 5.69 Å². The second-order valence-corrected chi connectivity index (χ2v) is 5.21. The van der Waals surface area contributed by atoms with Gasteiger partial charge in [-0.2, -0.15) is 0 Å². The molecule has 120 valence electrons. The Morgan fingerprint density at radius 2 is 2.32 bits per heavy atom. The van der Waals surface area contributed by atoms with E-state index >= 15 is 0 Å². The second-order valence-electron chi connectivity index (χ2n) is 5.21. The number of nitrogens with one attached hydrogen (secondary N) is 1. The van der Waals surface area contributed by atoms with Crippen LogP contribution in [0.1, 0.15) is 12.5 Å². The van der Waals surface area contributed by atoms with Crippen LogP contribution < -0.4 is 5.32 Å². The Labute approximate surface area is 127 Å². The molecule has 0 aliphatic carbocycles. The van der Waals surface area contributed by atoms with Gasteiger partial charge in [0, 0.05) is 38.7 Å². The van der Waals surface area contributed by atoms with Crippen LogP contribution in [-0.2, 0) is 9.53 Å². The van der Waals surface area contributed by atoms with Crippen molar-refractivity contribution in [1.82, 2.24) is 4.90 Å². The first-order valence-electron chi connectivity index (χ1n) is 6.94. The van der Waals surface area contributed by atoms with Gasteiger partial charge >= 0.3 is 0 Å². The number of nitro groups is 1. The highest BCUT2D eigenvalue weighted by Crippen LogP contribution is 2.27. The monoisotopic (exact) mass is 311 g/mol. The smallest absolute Gasteiger partial charge is 0.292 e. The van der Waals surface area contributed by atoms with Crippen LogP contribution in [0.15, 0.2) is 12.1 Å². The molecular weight excluding hydrogens is 293 g/mol. The summed E-state index contributed by atoms with van der Waals surface area (Å²) in [5.74, 6) is -0.552. The number of amides is 1. The van der Waals surface area contributed by atoms with E-state index in [9.17, 15) is 19.3 Å². The first kappa shape index (κ1) is 16.2. The molecule has 1 aromatic carbocycles. The van der Waals surface area contributed by atoms with Gasteiger partial charge in [-0.15, -0.1) is 0 Å². The summed E-state index contributed by atoms with van der Waals surface area (Å²) < 4.78 is 19.1. The van der Waals surface area contributed by atoms with Gasteiger partial charge in [-0.1, -0.05) is 0 Å². The van der Waals surface area contributed by atoms with E-state index < -0.39 is 10.7 Å². The summed E-state index contributed by atoms with van der Waals surface area (Å²) in [7, 11) is 0. The van der Waals surface area contributed by atoms with Gasteiger partial charge in [0.1, 0.15) is 11.5 Å². The topological polar surface area (TPSA) is 84.7 Å². The zero-order chi connectivity index (χ0) is 16.3. The fourth-order valence-electron chi connectivity index (χ4n) is 2.31. The van der Waals surface area contributed by atoms with Crippen LogP contribution in [0.3, 0.4) is 0 Å². The molecule has 0 saturated carbocycles. The lowest BCUT2D eigenvalue weighted by atomic mass is 10.1. The number of nitrogens with zero attached hydrogens (tertiary/aromatic N) is 2. The standard InChI is InChI=1S/C14H18FN3O4/c1-9-5-14(18(20)21)13(6-12(9)15)16-7-11-8-17(10(2)19)3-4-22-11/h5-6,11,16H,3-4,7-8H2,1-2H3/t11-/m0/s1. The van der Waals surface area contributed by atoms with E-state index in [0.717, 1.165) is 6.07 Å². The maximum Gasteiger partial charge on any atom is 0.292 e. The van der Waals surface area contributed by atoms with Crippen molar-refractivity contribution in [3.8, 4) is 0 Å². The predicted octanol–water partition coefficient (Wildman–Crippen LogP) is 1.70. The predicted molar refractivity (Wildman–Crippen MR) is 78.3 cm³/mol. The van der Waals surface area contributed by atoms with Gasteiger partial charge in [-0.3, -0.25) is 14.9 Å². The summed E-state index contributed by atoms with van der Waals surface area (Å²) >= 11 is 0. The van der Waals surface area contributed by atoms with E-state index in [0.29, 0.717) is 19.7 Å². The van der Waals surface area contributed by atoms with Crippen molar-refractivity contribution in [1.29, 1.82) is 0 Å². The van der Waals surface area contributed by atoms with Crippen molar-refractivity contribution in [3.63, 3.8) is 0 Å². The maximum atomic E-state index is 13.6. The van der Waals surface area contributed by atoms with Gasteiger partial charge in [0.2, 0.25) is 5.91 Å². The molecule has 1 fully saturated rings. The van der Waals surface area contributed by atoms with Crippen LogP contribution in [0.2, 0.25) is 0 Å². The third kappa shape index (κ3) is 3.70. The summed E-state index contributed by atoms with van der Waals surface area (Å²) in [5, 5.41) is 13.9. The van der Waals surface area contributed by atoms with Crippen molar-refractivity contribution < 1.29 is 18.8 Å². The maximum absolute atomic E-state index is 13.6. The molecule has 1 heterocycles. The second kappa shape index (κ2) is 6.69. The third-order valence-electron chi connectivity index (χ3n) is 3.58. The molecule has 1 aliphatic rings. The lowest BCUT2D eigenvalue weighted by Crippen LogP contribution is -2.47. The van der Waals surface area contributed by atoms with E-state index in [4.69, 9.17) is 4.74 Å². The highest BCUT2D eigenvalue weighted by Gasteiger charge is 2.23. The minimum atomic E-state index is -0.557. The summed E-state index contributed by atoms with van der Waals surface area (Å²) in [6.45, 7) is 4.57. The van der Waals surface area contributed by atoms with Gasteiger partial charge in [-0.25, -0.2) is 4.39 Å². The van der Waals surface area contributed by atoms with Crippen LogP contribution in [0.25, 0.3) is 0 Å². The Morgan fingerprint density at radius 3 is 2.95 bits per heavy atom. The number of carbonyl (C=O) groups is 1. The van der Waals surface area contributed by atoms with E-state index in [1.807, 2.05) is 0 Å². The van der Waals surface area contributed by atoms with Gasteiger partial charge in [0.15, 0.2) is 0 Å². The molecule has 1 N–H and O–H groups in total. The van der Waals surface area contributed by atoms with Crippen LogP contribution in [0.5, 0.6) is 0 Å². The molecule has 0 aromatic heterocycles. The summed E-state index contributed by atoms with van der Waals surface area (Å²) in [5.41, 5.74) is 0.142. The molecule has 2 rings (SSSR count). The molecule has 1 amide bonds. The first-order valence-corrected chi connectivity index (χ1v) is 6.94. The van der Waals surface area contributed by atoms with E-state index in [-0.39, 0.29) is 35.5 Å². The van der Waals surface area contributed by atoms with Gasteiger partial charge < -0.3 is 15.0 Å². The summed E-state index contributed by atoms with van der Waals surface area (Å²) in [4.78, 5) is 23.5. The molecular formula is C14H18FN3O4. The van der Waals surface area contributed by atoms with Crippen LogP contribution in [-0.4, -0.2) is 48.1 Å². The number of ether oxygens (including phenoxy) is 1. The number of rotatable bonds is 4. The van der Waals surface area contributed by atoms with Gasteiger partial charge in [0.05, 0.1) is 17.6 Å². The molecule has 8 heteroatoms. The Morgan fingerprint density at radius 1 is 1.59 bits per heavy atom. The summed E-state index contributed by atoms with van der Waals surface area (Å²) in [6, 6.07) is 2.31. The largest absolute Gasteiger partial charge is 0.377 e. The number of benzene rings is 1. The molecule has 1 aliphatic heterocycles. The summed E-state index contributed by atoms with van der Waals surface area (Å²) in [6.07, 6.45) is -0.290. The lowest BCUT2D eigenvalue weighted by molar-refractivity contribution is -0.384. The van der Waals surface area contributed by atoms with E-state index in [1.165, 1.54) is 19.9 Å². The van der Waals surface area contributed by atoms with E-state index in [1.54, 1.807) is 4.90 Å². The van der Waals surface area contributed by atoms with Crippen molar-refractivity contribution in [3.05, 3.63) is 33.6 Å². The molecule has 1 atom stereocenters. The SMILES string of the molecule is CC(=O)N1CCO[C@@H](CNc2cc(F)c(C)cc2[N+](=O)[O-])C1. The van der Waals surface area contributed by atoms with Crippen LogP contribution in [0.4, 0.5) is 15.8 Å². The fraction of sp³-hybridized carbons (Fsp3) is 0.500. The molecule has 22 heavy (non-hydrogen) atoms. The molecule has 1 saturated heterocycles. The number of anilines is 1. The lowest BCUT2D eigenvalue weighted by Gasteiger charge is -2.32. The average Bonchev–Trinajstić information content (AvgIpc) is 2.48. The minimum Gasteiger partial charge on any atom is -0.377 e. The Bertz CT molecular complexity index is 594. The number of morpholine rings is 1. The number of carbonyl (C=O) groups excluding carboxylic acids is 1. The molecule has 1 aromatic rings. The van der Waals surface area contributed by atoms with Crippen molar-refractivity contribution in [2.75, 3.05) is 31.6 Å². The highest BCUT2D eigenvalue weighted by atomic mass is 19.1. The Balaban J connectivity index is 2.06. The molecule has 0 spiro atoms. The quantitative estimate of drug-likeness (QED) is 0.676. The van der Waals surface area contributed by atoms with Crippen molar-refractivity contribution in [2.45, 2.75) is 20.0 Å². The first-order chi connectivity index (χ1) is 10.4. The van der Waals surface area contributed by atoms with E-state index in [2.05, 4.69) is 5.32 Å². The van der Waals surface area contributed by atoms with Crippen LogP contribution in [0, 0.1) is 22.9 Å². The molecule has 0 unspecified atom stereocenters. The third-order valence-corrected chi connectivity index (χ3v) is 3.58. The number of hydrogen-bond acceptors (Lipinski definition) is 5. The molecule has 0 radical (unpaired) electrons. The molecule has 7 nitrogen and oxygen atoms in total. The zero-order valence-corrected chi connectivity index (χ0v) is 12.5. The molecule has 0 bridgehead atoms. The zero-order valence-electron chi connectivity index (χ0n) is 12.5. The average molecular weight is 311 g/mol. The Hall–Kier alpha value is -2.22. The normalized spacial score (nSPS) is 18.1. The van der Waals surface area contributed by atoms with Gasteiger partial charge in [-0.05, 0) is 12.5 Å².